The van der Waals surface area contributed by atoms with E-state index in [0.29, 0.717) is 26.9 Å². The molecular formula is C31H31ClN2O5S. The van der Waals surface area contributed by atoms with Gasteiger partial charge in [0.25, 0.3) is 17.1 Å². The van der Waals surface area contributed by atoms with E-state index >= 15 is 0 Å². The van der Waals surface area contributed by atoms with Crippen LogP contribution in [0.1, 0.15) is 42.0 Å². The Bertz CT molecular complexity index is 1470. The SMILES string of the molecule is Cc1ccc(C(C)C)c(OCCN2C(=O)S/C(=C\c3cccc(OCC(=O)Nc4ccc(C)c(Cl)c4)c3)C2=O)c1. The van der Waals surface area contributed by atoms with Crippen LogP contribution in [-0.4, -0.2) is 41.7 Å². The summed E-state index contributed by atoms with van der Waals surface area (Å²) in [5.41, 5.74) is 4.33. The van der Waals surface area contributed by atoms with Crippen molar-refractivity contribution in [3.05, 3.63) is 92.8 Å². The minimum atomic E-state index is -0.366. The van der Waals surface area contributed by atoms with Gasteiger partial charge >= 0.3 is 0 Å². The molecule has 1 aliphatic heterocycles. The van der Waals surface area contributed by atoms with Crippen LogP contribution >= 0.6 is 23.4 Å². The van der Waals surface area contributed by atoms with Crippen LogP contribution < -0.4 is 14.8 Å². The van der Waals surface area contributed by atoms with E-state index in [4.69, 9.17) is 21.1 Å². The highest BCUT2D eigenvalue weighted by Gasteiger charge is 2.34. The third kappa shape index (κ3) is 7.46. The van der Waals surface area contributed by atoms with Gasteiger partial charge in [0.05, 0.1) is 11.4 Å². The summed E-state index contributed by atoms with van der Waals surface area (Å²) >= 11 is 7.00. The molecule has 1 heterocycles. The van der Waals surface area contributed by atoms with Gasteiger partial charge in [-0.1, -0.05) is 55.8 Å². The number of nitrogens with one attached hydrogen (secondary N) is 1. The number of thioether (sulfide) groups is 1. The second-order valence-corrected chi connectivity index (χ2v) is 11.2. The molecule has 40 heavy (non-hydrogen) atoms. The molecule has 0 unspecified atom stereocenters. The largest absolute Gasteiger partial charge is 0.491 e. The second-order valence-electron chi connectivity index (χ2n) is 9.75. The number of amides is 3. The Hall–Kier alpha value is -3.75. The van der Waals surface area contributed by atoms with E-state index in [1.807, 2.05) is 38.1 Å². The van der Waals surface area contributed by atoms with Gasteiger partial charge in [-0.15, -0.1) is 0 Å². The molecule has 4 rings (SSSR count). The molecule has 7 nitrogen and oxygen atoms in total. The monoisotopic (exact) mass is 578 g/mol. The van der Waals surface area contributed by atoms with E-state index in [2.05, 4.69) is 19.2 Å². The number of nitrogens with zero attached hydrogens (tertiary/aromatic N) is 1. The number of hydrogen-bond acceptors (Lipinski definition) is 6. The molecule has 1 fully saturated rings. The molecule has 0 aliphatic carbocycles. The van der Waals surface area contributed by atoms with Gasteiger partial charge in [-0.05, 0) is 90.2 Å². The van der Waals surface area contributed by atoms with Crippen LogP contribution in [0.15, 0.2) is 65.6 Å². The van der Waals surface area contributed by atoms with Gasteiger partial charge in [0.1, 0.15) is 18.1 Å². The van der Waals surface area contributed by atoms with Crippen LogP contribution in [0.25, 0.3) is 6.08 Å². The summed E-state index contributed by atoms with van der Waals surface area (Å²) < 4.78 is 11.6. The van der Waals surface area contributed by atoms with Gasteiger partial charge in [-0.2, -0.15) is 0 Å². The smallest absolute Gasteiger partial charge is 0.293 e. The molecule has 0 atom stereocenters. The van der Waals surface area contributed by atoms with Crippen molar-refractivity contribution in [2.75, 3.05) is 25.1 Å². The van der Waals surface area contributed by atoms with Crippen molar-refractivity contribution in [3.63, 3.8) is 0 Å². The third-order valence-electron chi connectivity index (χ3n) is 6.22. The number of carbonyl (C=O) groups excluding carboxylic acids is 3. The third-order valence-corrected chi connectivity index (χ3v) is 7.53. The topological polar surface area (TPSA) is 84.9 Å². The lowest BCUT2D eigenvalue weighted by atomic mass is 10.0. The molecule has 1 aliphatic rings. The number of hydrogen-bond donors (Lipinski definition) is 1. The van der Waals surface area contributed by atoms with Crippen LogP contribution in [0.2, 0.25) is 5.02 Å². The summed E-state index contributed by atoms with van der Waals surface area (Å²) in [6, 6.07) is 18.3. The molecule has 0 spiro atoms. The Kier molecular flexibility index (Phi) is 9.55. The lowest BCUT2D eigenvalue weighted by molar-refractivity contribution is -0.123. The van der Waals surface area contributed by atoms with Crippen molar-refractivity contribution < 1.29 is 23.9 Å². The minimum Gasteiger partial charge on any atom is -0.491 e. The summed E-state index contributed by atoms with van der Waals surface area (Å²) in [5.74, 6) is 0.814. The Morgan fingerprint density at radius 2 is 1.85 bits per heavy atom. The number of rotatable bonds is 10. The number of ether oxygens (including phenoxy) is 2. The molecule has 9 heteroatoms. The quantitative estimate of drug-likeness (QED) is 0.256. The zero-order chi connectivity index (χ0) is 28.8. The Morgan fingerprint density at radius 3 is 2.60 bits per heavy atom. The number of imide groups is 1. The Balaban J connectivity index is 1.34. The summed E-state index contributed by atoms with van der Waals surface area (Å²) in [6.45, 7) is 8.21. The molecule has 1 saturated heterocycles. The van der Waals surface area contributed by atoms with E-state index in [1.165, 1.54) is 4.90 Å². The number of carbonyl (C=O) groups is 3. The zero-order valence-corrected chi connectivity index (χ0v) is 24.4. The van der Waals surface area contributed by atoms with Gasteiger partial charge in [0, 0.05) is 10.7 Å². The van der Waals surface area contributed by atoms with Crippen LogP contribution in [0.4, 0.5) is 10.5 Å². The average Bonchev–Trinajstić information content (AvgIpc) is 3.17. The number of halogens is 1. The van der Waals surface area contributed by atoms with Crippen LogP contribution in [-0.2, 0) is 9.59 Å². The van der Waals surface area contributed by atoms with Gasteiger partial charge in [0.15, 0.2) is 6.61 Å². The zero-order valence-electron chi connectivity index (χ0n) is 22.8. The second kappa shape index (κ2) is 13.1. The number of anilines is 1. The normalized spacial score (nSPS) is 14.2. The van der Waals surface area contributed by atoms with Gasteiger partial charge in [-0.25, -0.2) is 0 Å². The molecule has 0 aromatic heterocycles. The summed E-state index contributed by atoms with van der Waals surface area (Å²) in [7, 11) is 0. The predicted molar refractivity (Wildman–Crippen MR) is 160 cm³/mol. The fourth-order valence-corrected chi connectivity index (χ4v) is 5.09. The predicted octanol–water partition coefficient (Wildman–Crippen LogP) is 7.21. The van der Waals surface area contributed by atoms with E-state index in [9.17, 15) is 14.4 Å². The first kappa shape index (κ1) is 29.2. The van der Waals surface area contributed by atoms with E-state index in [1.54, 1.807) is 42.5 Å². The van der Waals surface area contributed by atoms with E-state index < -0.39 is 0 Å². The summed E-state index contributed by atoms with van der Waals surface area (Å²) in [5, 5.41) is 2.97. The molecule has 0 saturated carbocycles. The summed E-state index contributed by atoms with van der Waals surface area (Å²) in [6.07, 6.45) is 1.64. The van der Waals surface area contributed by atoms with E-state index in [-0.39, 0.29) is 42.7 Å². The van der Waals surface area contributed by atoms with Crippen LogP contribution in [0.3, 0.4) is 0 Å². The maximum absolute atomic E-state index is 13.0. The van der Waals surface area contributed by atoms with Crippen molar-refractivity contribution in [1.82, 2.24) is 4.90 Å². The Labute approximate surface area is 243 Å². The molecule has 3 aromatic rings. The molecule has 3 aromatic carbocycles. The highest BCUT2D eigenvalue weighted by molar-refractivity contribution is 8.18. The molecule has 3 amide bonds. The molecule has 208 valence electrons. The van der Waals surface area contributed by atoms with Gasteiger partial charge < -0.3 is 14.8 Å². The lowest BCUT2D eigenvalue weighted by Gasteiger charge is -2.17. The van der Waals surface area contributed by atoms with E-state index in [0.717, 1.165) is 34.2 Å². The standard InChI is InChI=1S/C31H31ClN2O5S/c1-19(2)25-11-8-20(3)14-27(25)38-13-12-34-30(36)28(40-31(34)37)16-22-6-5-7-24(15-22)39-18-29(35)33-23-10-9-21(4)26(32)17-23/h5-11,14-17,19H,12-13,18H2,1-4H3,(H,33,35)/b28-16-. The summed E-state index contributed by atoms with van der Waals surface area (Å²) in [4.78, 5) is 39.4. The van der Waals surface area contributed by atoms with Gasteiger partial charge in [0.2, 0.25) is 0 Å². The average molecular weight is 579 g/mol. The maximum atomic E-state index is 13.0. The molecule has 0 radical (unpaired) electrons. The number of aryl methyl sites for hydroxylation is 2. The van der Waals surface area contributed by atoms with Crippen molar-refractivity contribution >= 4 is 52.2 Å². The fourth-order valence-electron chi connectivity index (χ4n) is 4.05. The van der Waals surface area contributed by atoms with Crippen molar-refractivity contribution in [3.8, 4) is 11.5 Å². The first-order chi connectivity index (χ1) is 19.1. The molecule has 1 N–H and O–H groups in total. The van der Waals surface area contributed by atoms with Crippen molar-refractivity contribution in [1.29, 1.82) is 0 Å². The first-order valence-corrected chi connectivity index (χ1v) is 14.1. The molecular weight excluding hydrogens is 548 g/mol. The van der Waals surface area contributed by atoms with Crippen molar-refractivity contribution in [2.24, 2.45) is 0 Å². The maximum Gasteiger partial charge on any atom is 0.293 e. The number of benzene rings is 3. The molecule has 0 bridgehead atoms. The lowest BCUT2D eigenvalue weighted by Crippen LogP contribution is -2.32. The highest BCUT2D eigenvalue weighted by atomic mass is 35.5. The van der Waals surface area contributed by atoms with Crippen molar-refractivity contribution in [2.45, 2.75) is 33.6 Å². The van der Waals surface area contributed by atoms with Gasteiger partial charge in [-0.3, -0.25) is 19.3 Å². The van der Waals surface area contributed by atoms with Crippen LogP contribution in [0, 0.1) is 13.8 Å². The first-order valence-electron chi connectivity index (χ1n) is 12.9. The Morgan fingerprint density at radius 1 is 1.05 bits per heavy atom. The van der Waals surface area contributed by atoms with Crippen LogP contribution in [0.5, 0.6) is 11.5 Å². The fraction of sp³-hybridized carbons (Fsp3) is 0.258. The minimum absolute atomic E-state index is 0.151. The highest BCUT2D eigenvalue weighted by Crippen LogP contribution is 2.33.